The van der Waals surface area contributed by atoms with Crippen molar-refractivity contribution in [3.63, 3.8) is 0 Å². The van der Waals surface area contributed by atoms with E-state index in [9.17, 15) is 18.0 Å². The van der Waals surface area contributed by atoms with Crippen LogP contribution in [0.25, 0.3) is 10.9 Å². The molecule has 0 spiro atoms. The Balaban J connectivity index is 1.75. The molecule has 0 unspecified atom stereocenters. The van der Waals surface area contributed by atoms with Crippen molar-refractivity contribution in [1.82, 2.24) is 9.88 Å². The van der Waals surface area contributed by atoms with Crippen molar-refractivity contribution in [1.29, 1.82) is 0 Å². The van der Waals surface area contributed by atoms with E-state index < -0.39 is 33.9 Å². The number of carbonyl (C=O) groups excluding carboxylic acids is 2. The zero-order valence-electron chi connectivity index (χ0n) is 23.5. The zero-order valence-corrected chi connectivity index (χ0v) is 24.3. The van der Waals surface area contributed by atoms with E-state index >= 15 is 0 Å². The summed E-state index contributed by atoms with van der Waals surface area (Å²) in [6, 6.07) is 23.3. The highest BCUT2D eigenvalue weighted by Gasteiger charge is 2.27. The van der Waals surface area contributed by atoms with Gasteiger partial charge in [0.2, 0.25) is 0 Å². The number of hydrogen-bond donors (Lipinski definition) is 1. The predicted octanol–water partition coefficient (Wildman–Crippen LogP) is 5.96. The Morgan fingerprint density at radius 2 is 1.56 bits per heavy atom. The van der Waals surface area contributed by atoms with Crippen LogP contribution >= 0.6 is 0 Å². The molecule has 0 fully saturated rings. The maximum Gasteiger partial charge on any atom is 0.419 e. The molecule has 10 heteroatoms. The van der Waals surface area contributed by atoms with Crippen LogP contribution in [0.1, 0.15) is 49.1 Å². The molecule has 9 nitrogen and oxygen atoms in total. The van der Waals surface area contributed by atoms with Crippen molar-refractivity contribution in [2.24, 2.45) is 0 Å². The van der Waals surface area contributed by atoms with Crippen LogP contribution < -0.4 is 5.32 Å². The molecule has 1 N–H and O–H groups in total. The Labute approximate surface area is 240 Å². The third-order valence-corrected chi connectivity index (χ3v) is 6.75. The van der Waals surface area contributed by atoms with E-state index in [1.807, 2.05) is 72.8 Å². The fourth-order valence-electron chi connectivity index (χ4n) is 4.45. The third-order valence-electron chi connectivity index (χ3n) is 6.15. The van der Waals surface area contributed by atoms with E-state index in [2.05, 4.69) is 5.32 Å². The van der Waals surface area contributed by atoms with E-state index in [1.54, 1.807) is 33.0 Å². The van der Waals surface area contributed by atoms with Crippen LogP contribution in [0.3, 0.4) is 0 Å². The van der Waals surface area contributed by atoms with Gasteiger partial charge in [0.25, 0.3) is 10.1 Å². The average molecular weight is 579 g/mol. The highest BCUT2D eigenvalue weighted by atomic mass is 32.2. The minimum atomic E-state index is -3.63. The number of aromatic nitrogens is 1. The predicted molar refractivity (Wildman–Crippen MR) is 156 cm³/mol. The molecule has 41 heavy (non-hydrogen) atoms. The van der Waals surface area contributed by atoms with Gasteiger partial charge >= 0.3 is 12.2 Å². The lowest BCUT2D eigenvalue weighted by atomic mass is 9.93. The number of nitrogens with zero attached hydrogens (tertiary/aromatic N) is 1. The summed E-state index contributed by atoms with van der Waals surface area (Å²) in [4.78, 5) is 26.3. The summed E-state index contributed by atoms with van der Waals surface area (Å²) in [7, 11) is -3.63. The summed E-state index contributed by atoms with van der Waals surface area (Å²) in [6.45, 7) is 5.38. The van der Waals surface area contributed by atoms with E-state index in [-0.39, 0.29) is 19.6 Å². The Hall–Kier alpha value is -4.15. The van der Waals surface area contributed by atoms with Gasteiger partial charge in [0.1, 0.15) is 12.2 Å². The van der Waals surface area contributed by atoms with Gasteiger partial charge in [-0.1, -0.05) is 72.8 Å². The molecule has 4 rings (SSSR count). The van der Waals surface area contributed by atoms with Gasteiger partial charge in [-0.3, -0.25) is 8.75 Å². The van der Waals surface area contributed by atoms with Crippen LogP contribution in [0.4, 0.5) is 9.59 Å². The Bertz CT molecular complexity index is 1620. The highest BCUT2D eigenvalue weighted by molar-refractivity contribution is 7.85. The van der Waals surface area contributed by atoms with Crippen LogP contribution in [0.15, 0.2) is 85.1 Å². The third kappa shape index (κ3) is 8.18. The number of ether oxygens (including phenoxy) is 2. The first kappa shape index (κ1) is 29.8. The van der Waals surface area contributed by atoms with Gasteiger partial charge in [-0.05, 0) is 49.9 Å². The first-order chi connectivity index (χ1) is 19.4. The van der Waals surface area contributed by atoms with E-state index in [1.165, 1.54) is 4.57 Å². The fraction of sp³-hybridized carbons (Fsp3) is 0.290. The number of fused-ring (bicyclic) bond motifs is 1. The number of carbonyl (C=O) groups is 2. The molecule has 0 aliphatic heterocycles. The van der Waals surface area contributed by atoms with Crippen molar-refractivity contribution in [2.45, 2.75) is 45.4 Å². The molecule has 1 heterocycles. The molecule has 0 aliphatic carbocycles. The van der Waals surface area contributed by atoms with Gasteiger partial charge in [0.05, 0.1) is 24.4 Å². The molecule has 0 saturated carbocycles. The van der Waals surface area contributed by atoms with Crippen LogP contribution in [0.5, 0.6) is 0 Å². The van der Waals surface area contributed by atoms with E-state index in [0.717, 1.165) is 22.8 Å². The summed E-state index contributed by atoms with van der Waals surface area (Å²) < 4.78 is 40.7. The minimum absolute atomic E-state index is 0.0688. The molecule has 4 aromatic rings. The van der Waals surface area contributed by atoms with Crippen LogP contribution in [0.2, 0.25) is 0 Å². The van der Waals surface area contributed by atoms with Gasteiger partial charge in [-0.2, -0.15) is 8.42 Å². The number of alkyl carbamates (subject to hydrolysis) is 1. The lowest BCUT2D eigenvalue weighted by Crippen LogP contribution is -2.31. The smallest absolute Gasteiger partial charge is 0.419 e. The lowest BCUT2D eigenvalue weighted by Gasteiger charge is -2.22. The summed E-state index contributed by atoms with van der Waals surface area (Å²) in [5, 5.41) is 3.70. The summed E-state index contributed by atoms with van der Waals surface area (Å²) >= 11 is 0. The quantitative estimate of drug-likeness (QED) is 0.244. The Kier molecular flexibility index (Phi) is 9.14. The number of amides is 1. The van der Waals surface area contributed by atoms with Gasteiger partial charge in [-0.25, -0.2) is 9.59 Å². The number of nitrogens with one attached hydrogen (secondary N) is 1. The second kappa shape index (κ2) is 12.6. The lowest BCUT2D eigenvalue weighted by molar-refractivity contribution is 0.0544. The maximum atomic E-state index is 13.2. The largest absolute Gasteiger partial charge is 0.445 e. The second-order valence-electron chi connectivity index (χ2n) is 10.6. The van der Waals surface area contributed by atoms with E-state index in [4.69, 9.17) is 13.7 Å². The molecule has 1 aromatic heterocycles. The van der Waals surface area contributed by atoms with Crippen molar-refractivity contribution in [3.05, 3.63) is 107 Å². The molecule has 3 aromatic carbocycles. The van der Waals surface area contributed by atoms with Gasteiger partial charge in [-0.15, -0.1) is 0 Å². The number of para-hydroxylation sites is 1. The highest BCUT2D eigenvalue weighted by Crippen LogP contribution is 2.33. The van der Waals surface area contributed by atoms with Crippen LogP contribution in [0, 0.1) is 0 Å². The fourth-order valence-corrected chi connectivity index (χ4v) is 4.84. The molecule has 0 radical (unpaired) electrons. The molecular weight excluding hydrogens is 544 g/mol. The second-order valence-corrected chi connectivity index (χ2v) is 12.2. The van der Waals surface area contributed by atoms with E-state index in [0.29, 0.717) is 16.6 Å². The molecule has 1 atom stereocenters. The SMILES string of the molecule is CC(C)(C)OC(=O)n1cc([C@H](NC(=O)OCc2ccccc2)c2ccccc2CCOS(C)(=O)=O)c2ccccc21. The molecule has 216 valence electrons. The maximum absolute atomic E-state index is 13.2. The molecule has 1 amide bonds. The first-order valence-electron chi connectivity index (χ1n) is 13.1. The van der Waals surface area contributed by atoms with Crippen molar-refractivity contribution in [2.75, 3.05) is 12.9 Å². The topological polar surface area (TPSA) is 113 Å². The normalized spacial score (nSPS) is 12.6. The van der Waals surface area contributed by atoms with Gasteiger partial charge < -0.3 is 14.8 Å². The molecule has 0 saturated heterocycles. The molecule has 0 aliphatic rings. The zero-order chi connectivity index (χ0) is 29.6. The Morgan fingerprint density at radius 3 is 2.27 bits per heavy atom. The number of hydrogen-bond acceptors (Lipinski definition) is 7. The van der Waals surface area contributed by atoms with Crippen molar-refractivity contribution in [3.8, 4) is 0 Å². The summed E-state index contributed by atoms with van der Waals surface area (Å²) in [5.41, 5.74) is 2.83. The van der Waals surface area contributed by atoms with Crippen molar-refractivity contribution >= 4 is 33.2 Å². The van der Waals surface area contributed by atoms with Gasteiger partial charge in [0.15, 0.2) is 0 Å². The minimum Gasteiger partial charge on any atom is -0.445 e. The van der Waals surface area contributed by atoms with Crippen LogP contribution in [-0.2, 0) is 36.8 Å². The molecule has 0 bridgehead atoms. The first-order valence-corrected chi connectivity index (χ1v) is 15.0. The standard InChI is InChI=1S/C31H34N2O7S/c1-31(2,3)40-30(35)33-20-26(25-16-10-11-17-27(25)33)28(32-29(34)38-21-22-12-6-5-7-13-22)24-15-9-8-14-23(24)18-19-39-41(4,36)37/h5-17,20,28H,18-19,21H2,1-4H3,(H,32,34)/t28-/m1/s1. The average Bonchev–Trinajstić information content (AvgIpc) is 3.30. The number of benzene rings is 3. The summed E-state index contributed by atoms with van der Waals surface area (Å²) in [5.74, 6) is 0. The van der Waals surface area contributed by atoms with Gasteiger partial charge in [0, 0.05) is 17.1 Å². The number of rotatable bonds is 9. The monoisotopic (exact) mass is 578 g/mol. The van der Waals surface area contributed by atoms with Crippen molar-refractivity contribution < 1.29 is 31.7 Å². The molecular formula is C31H34N2O7S. The Morgan fingerprint density at radius 1 is 0.902 bits per heavy atom. The van der Waals surface area contributed by atoms with Crippen LogP contribution in [-0.4, -0.2) is 43.6 Å². The summed E-state index contributed by atoms with van der Waals surface area (Å²) in [6.07, 6.45) is 1.71.